The van der Waals surface area contributed by atoms with E-state index in [1.54, 1.807) is 30.7 Å². The molecular formula is C13H13N3O2S. The van der Waals surface area contributed by atoms with Crippen molar-refractivity contribution in [3.05, 3.63) is 54.6 Å². The lowest BCUT2D eigenvalue weighted by Crippen LogP contribution is -2.48. The maximum absolute atomic E-state index is 12.3. The molecule has 0 N–H and O–H groups in total. The molecule has 0 amide bonds. The third kappa shape index (κ3) is 2.24. The van der Waals surface area contributed by atoms with Crippen LogP contribution in [-0.4, -0.2) is 35.8 Å². The SMILES string of the molecule is O=S(=O)(c1cccnc1)N1CC(c2ccncc2)C1. The number of hydrogen-bond acceptors (Lipinski definition) is 4. The van der Waals surface area contributed by atoms with Crippen molar-refractivity contribution in [2.24, 2.45) is 0 Å². The van der Waals surface area contributed by atoms with Crippen molar-refractivity contribution >= 4 is 10.0 Å². The number of pyridine rings is 2. The molecule has 2 aromatic heterocycles. The van der Waals surface area contributed by atoms with Crippen LogP contribution in [0.4, 0.5) is 0 Å². The summed E-state index contributed by atoms with van der Waals surface area (Å²) in [6, 6.07) is 7.06. The molecule has 0 aromatic carbocycles. The molecule has 3 heterocycles. The van der Waals surface area contributed by atoms with Crippen LogP contribution in [0.1, 0.15) is 11.5 Å². The number of nitrogens with zero attached hydrogens (tertiary/aromatic N) is 3. The molecule has 0 unspecified atom stereocenters. The quantitative estimate of drug-likeness (QED) is 0.846. The predicted octanol–water partition coefficient (Wildman–Crippen LogP) is 1.26. The standard InChI is InChI=1S/C13H13N3O2S/c17-19(18,13-2-1-5-15-8-13)16-9-12(10-16)11-3-6-14-7-4-11/h1-8,12H,9-10H2. The molecule has 0 aliphatic carbocycles. The molecule has 0 saturated carbocycles. The van der Waals surface area contributed by atoms with E-state index in [1.807, 2.05) is 12.1 Å². The maximum atomic E-state index is 12.3. The Labute approximate surface area is 112 Å². The first-order valence-corrected chi connectivity index (χ1v) is 7.42. The van der Waals surface area contributed by atoms with E-state index in [0.29, 0.717) is 13.1 Å². The van der Waals surface area contributed by atoms with Gasteiger partial charge in [0.2, 0.25) is 10.0 Å². The van der Waals surface area contributed by atoms with Crippen molar-refractivity contribution in [2.45, 2.75) is 10.8 Å². The zero-order valence-corrected chi connectivity index (χ0v) is 11.0. The van der Waals surface area contributed by atoms with E-state index < -0.39 is 10.0 Å². The van der Waals surface area contributed by atoms with Crippen LogP contribution in [0.5, 0.6) is 0 Å². The summed E-state index contributed by atoms with van der Waals surface area (Å²) in [6.45, 7) is 1.03. The van der Waals surface area contributed by atoms with Gasteiger partial charge in [-0.25, -0.2) is 8.42 Å². The first-order chi connectivity index (χ1) is 9.18. The lowest BCUT2D eigenvalue weighted by atomic mass is 9.95. The van der Waals surface area contributed by atoms with Gasteiger partial charge in [-0.05, 0) is 29.8 Å². The summed E-state index contributed by atoms with van der Waals surface area (Å²) >= 11 is 0. The Morgan fingerprint density at radius 3 is 2.42 bits per heavy atom. The summed E-state index contributed by atoms with van der Waals surface area (Å²) in [5.74, 6) is 0.259. The highest BCUT2D eigenvalue weighted by molar-refractivity contribution is 7.89. The molecule has 0 bridgehead atoms. The van der Waals surface area contributed by atoms with Gasteiger partial charge in [0.05, 0.1) is 0 Å². The Bertz CT molecular complexity index is 653. The van der Waals surface area contributed by atoms with Crippen LogP contribution in [0.3, 0.4) is 0 Å². The number of hydrogen-bond donors (Lipinski definition) is 0. The Kier molecular flexibility index (Phi) is 3.04. The normalized spacial score (nSPS) is 17.1. The van der Waals surface area contributed by atoms with Crippen molar-refractivity contribution in [3.8, 4) is 0 Å². The van der Waals surface area contributed by atoms with E-state index in [9.17, 15) is 8.42 Å². The zero-order valence-electron chi connectivity index (χ0n) is 10.2. The molecule has 1 aliphatic rings. The van der Waals surface area contributed by atoms with E-state index in [2.05, 4.69) is 9.97 Å². The summed E-state index contributed by atoms with van der Waals surface area (Å²) < 4.78 is 26.0. The number of rotatable bonds is 3. The lowest BCUT2D eigenvalue weighted by molar-refractivity contribution is 0.264. The number of sulfonamides is 1. The molecule has 0 radical (unpaired) electrons. The molecule has 1 fully saturated rings. The van der Waals surface area contributed by atoms with Gasteiger partial charge in [-0.3, -0.25) is 9.97 Å². The highest BCUT2D eigenvalue weighted by atomic mass is 32.2. The number of aromatic nitrogens is 2. The van der Waals surface area contributed by atoms with Crippen LogP contribution in [0.2, 0.25) is 0 Å². The Balaban J connectivity index is 1.74. The molecule has 0 atom stereocenters. The van der Waals surface area contributed by atoms with Crippen LogP contribution < -0.4 is 0 Å². The van der Waals surface area contributed by atoms with Crippen molar-refractivity contribution in [2.75, 3.05) is 13.1 Å². The fourth-order valence-corrected chi connectivity index (χ4v) is 3.62. The zero-order chi connectivity index (χ0) is 13.3. The van der Waals surface area contributed by atoms with Crippen LogP contribution in [0.15, 0.2) is 53.9 Å². The largest absolute Gasteiger partial charge is 0.265 e. The average Bonchev–Trinajstić information content (AvgIpc) is 2.39. The topological polar surface area (TPSA) is 63.2 Å². The highest BCUT2D eigenvalue weighted by Crippen LogP contribution is 2.31. The molecule has 2 aromatic rings. The molecule has 98 valence electrons. The smallest absolute Gasteiger partial charge is 0.244 e. The summed E-state index contributed by atoms with van der Waals surface area (Å²) in [4.78, 5) is 8.07. The van der Waals surface area contributed by atoms with Crippen molar-refractivity contribution in [1.82, 2.24) is 14.3 Å². The first kappa shape index (κ1) is 12.3. The molecule has 3 rings (SSSR count). The van der Waals surface area contributed by atoms with Gasteiger partial charge in [-0.1, -0.05) is 0 Å². The molecular weight excluding hydrogens is 262 g/mol. The van der Waals surface area contributed by atoms with Crippen LogP contribution in [0.25, 0.3) is 0 Å². The van der Waals surface area contributed by atoms with Gasteiger partial charge in [0.25, 0.3) is 0 Å². The van der Waals surface area contributed by atoms with Crippen LogP contribution >= 0.6 is 0 Å². The highest BCUT2D eigenvalue weighted by Gasteiger charge is 2.37. The van der Waals surface area contributed by atoms with Crippen LogP contribution in [-0.2, 0) is 10.0 Å². The Morgan fingerprint density at radius 2 is 1.79 bits per heavy atom. The fourth-order valence-electron chi connectivity index (χ4n) is 2.13. The minimum absolute atomic E-state index is 0.253. The van der Waals surface area contributed by atoms with Gasteiger partial charge in [-0.2, -0.15) is 4.31 Å². The van der Waals surface area contributed by atoms with Gasteiger partial charge in [0.1, 0.15) is 4.90 Å². The molecule has 0 spiro atoms. The molecule has 1 saturated heterocycles. The third-order valence-corrected chi connectivity index (χ3v) is 5.11. The Hall–Kier alpha value is -1.79. The summed E-state index contributed by atoms with van der Waals surface area (Å²) in [6.07, 6.45) is 6.41. The minimum atomic E-state index is -3.39. The van der Waals surface area contributed by atoms with E-state index in [1.165, 1.54) is 10.5 Å². The fraction of sp³-hybridized carbons (Fsp3) is 0.231. The minimum Gasteiger partial charge on any atom is -0.265 e. The predicted molar refractivity (Wildman–Crippen MR) is 70.0 cm³/mol. The van der Waals surface area contributed by atoms with Crippen molar-refractivity contribution < 1.29 is 8.42 Å². The second-order valence-electron chi connectivity index (χ2n) is 4.49. The second kappa shape index (κ2) is 4.71. The van der Waals surface area contributed by atoms with Gasteiger partial charge in [-0.15, -0.1) is 0 Å². The van der Waals surface area contributed by atoms with Crippen molar-refractivity contribution in [3.63, 3.8) is 0 Å². The maximum Gasteiger partial charge on any atom is 0.244 e. The average molecular weight is 275 g/mol. The summed E-state index contributed by atoms with van der Waals surface area (Å²) in [7, 11) is -3.39. The second-order valence-corrected chi connectivity index (χ2v) is 6.43. The van der Waals surface area contributed by atoms with E-state index in [4.69, 9.17) is 0 Å². The monoisotopic (exact) mass is 275 g/mol. The molecule has 1 aliphatic heterocycles. The molecule has 6 heteroatoms. The van der Waals surface area contributed by atoms with E-state index >= 15 is 0 Å². The Morgan fingerprint density at radius 1 is 1.05 bits per heavy atom. The van der Waals surface area contributed by atoms with Gasteiger partial charge in [0, 0.05) is 43.8 Å². The summed E-state index contributed by atoms with van der Waals surface area (Å²) in [5, 5.41) is 0. The first-order valence-electron chi connectivity index (χ1n) is 5.98. The van der Waals surface area contributed by atoms with Gasteiger partial charge < -0.3 is 0 Å². The van der Waals surface area contributed by atoms with E-state index in [-0.39, 0.29) is 10.8 Å². The lowest BCUT2D eigenvalue weighted by Gasteiger charge is -2.38. The van der Waals surface area contributed by atoms with Gasteiger partial charge in [0.15, 0.2) is 0 Å². The molecule has 19 heavy (non-hydrogen) atoms. The third-order valence-electron chi connectivity index (χ3n) is 3.30. The van der Waals surface area contributed by atoms with Gasteiger partial charge >= 0.3 is 0 Å². The summed E-state index contributed by atoms with van der Waals surface area (Å²) in [5.41, 5.74) is 1.13. The molecule has 5 nitrogen and oxygen atoms in total. The van der Waals surface area contributed by atoms with Crippen molar-refractivity contribution in [1.29, 1.82) is 0 Å². The van der Waals surface area contributed by atoms with Crippen LogP contribution in [0, 0.1) is 0 Å². The van der Waals surface area contributed by atoms with E-state index in [0.717, 1.165) is 5.56 Å².